The lowest BCUT2D eigenvalue weighted by Crippen LogP contribution is -2.55. The summed E-state index contributed by atoms with van der Waals surface area (Å²) in [4.78, 5) is 26.1. The molecule has 0 aliphatic rings. The molecule has 0 fully saturated rings. The fraction of sp³-hybridized carbons (Fsp3) is 0.524. The molecule has 154 valence electrons. The quantitative estimate of drug-likeness (QED) is 0.661. The van der Waals surface area contributed by atoms with Crippen molar-refractivity contribution < 1.29 is 15.0 Å². The van der Waals surface area contributed by atoms with Crippen LogP contribution in [0.5, 0.6) is 0 Å². The van der Waals surface area contributed by atoms with Crippen LogP contribution < -0.4 is 11.0 Å². The Labute approximate surface area is 165 Å². The summed E-state index contributed by atoms with van der Waals surface area (Å²) >= 11 is 0. The molecular weight excluding hydrogens is 358 g/mol. The molecule has 1 aromatic heterocycles. The number of amides is 1. The first-order valence-electron chi connectivity index (χ1n) is 9.39. The van der Waals surface area contributed by atoms with Gasteiger partial charge < -0.3 is 15.5 Å². The highest BCUT2D eigenvalue weighted by Crippen LogP contribution is 2.33. The first kappa shape index (κ1) is 21.8. The van der Waals surface area contributed by atoms with Gasteiger partial charge in [-0.05, 0) is 17.5 Å². The molecule has 3 N–H and O–H groups in total. The van der Waals surface area contributed by atoms with Crippen LogP contribution in [-0.2, 0) is 6.54 Å². The fourth-order valence-corrected chi connectivity index (χ4v) is 3.72. The molecule has 1 atom stereocenters. The number of carbonyl (C=O) groups is 1. The van der Waals surface area contributed by atoms with Gasteiger partial charge in [0.15, 0.2) is 0 Å². The number of nitrogens with zero attached hydrogens (tertiary/aromatic N) is 2. The Balaban J connectivity index is 2.52. The summed E-state index contributed by atoms with van der Waals surface area (Å²) in [6.07, 6.45) is 0.220. The third kappa shape index (κ3) is 4.30. The maximum absolute atomic E-state index is 13.1. The first-order valence-corrected chi connectivity index (χ1v) is 9.39. The number of hydrogen-bond donors (Lipinski definition) is 3. The number of hydrogen-bond acceptors (Lipinski definition) is 4. The molecule has 0 aliphatic heterocycles. The zero-order chi connectivity index (χ0) is 21.3. The average Bonchev–Trinajstić information content (AvgIpc) is 2.88. The molecule has 0 saturated heterocycles. The normalized spacial score (nSPS) is 13.5. The number of aliphatic hydroxyl groups excluding tert-OH is 2. The highest BCUT2D eigenvalue weighted by molar-refractivity contribution is 5.89. The summed E-state index contributed by atoms with van der Waals surface area (Å²) in [6.45, 7) is 13.3. The minimum Gasteiger partial charge on any atom is -0.513 e. The number of nitrogens with one attached hydrogen (secondary N) is 1. The Morgan fingerprint density at radius 1 is 1.18 bits per heavy atom. The molecule has 7 nitrogen and oxygen atoms in total. The van der Waals surface area contributed by atoms with E-state index >= 15 is 0 Å². The molecule has 0 aliphatic carbocycles. The number of allylic oxidation sites excluding steroid dienone is 1. The van der Waals surface area contributed by atoms with E-state index in [9.17, 15) is 19.8 Å². The van der Waals surface area contributed by atoms with E-state index in [4.69, 9.17) is 0 Å². The molecular formula is C21H31N3O4. The molecule has 0 spiro atoms. The van der Waals surface area contributed by atoms with Gasteiger partial charge in [-0.25, -0.2) is 14.2 Å². The highest BCUT2D eigenvalue weighted by Gasteiger charge is 2.39. The smallest absolute Gasteiger partial charge is 0.337 e. The predicted molar refractivity (Wildman–Crippen MR) is 111 cm³/mol. The van der Waals surface area contributed by atoms with Gasteiger partial charge in [0.1, 0.15) is 0 Å². The molecule has 1 aromatic carbocycles. The van der Waals surface area contributed by atoms with Crippen molar-refractivity contribution in [3.63, 3.8) is 0 Å². The molecule has 28 heavy (non-hydrogen) atoms. The Bertz CT molecular complexity index is 931. The van der Waals surface area contributed by atoms with Crippen LogP contribution in [0, 0.1) is 10.8 Å². The van der Waals surface area contributed by atoms with Gasteiger partial charge in [-0.2, -0.15) is 0 Å². The number of fused-ring (bicyclic) bond motifs is 1. The second-order valence-corrected chi connectivity index (χ2v) is 8.97. The van der Waals surface area contributed by atoms with Gasteiger partial charge in [-0.15, -0.1) is 0 Å². The van der Waals surface area contributed by atoms with Crippen molar-refractivity contribution in [3.8, 4) is 0 Å². The van der Waals surface area contributed by atoms with Crippen LogP contribution >= 0.6 is 0 Å². The van der Waals surface area contributed by atoms with Crippen LogP contribution in [0.1, 0.15) is 41.0 Å². The highest BCUT2D eigenvalue weighted by atomic mass is 16.3. The molecule has 0 radical (unpaired) electrons. The van der Waals surface area contributed by atoms with Gasteiger partial charge in [0.2, 0.25) is 0 Å². The van der Waals surface area contributed by atoms with Gasteiger partial charge in [0.25, 0.3) is 0 Å². The Morgan fingerprint density at radius 2 is 1.75 bits per heavy atom. The second-order valence-electron chi connectivity index (χ2n) is 8.97. The van der Waals surface area contributed by atoms with Gasteiger partial charge in [-0.3, -0.25) is 4.57 Å². The van der Waals surface area contributed by atoms with Crippen LogP contribution in [0.25, 0.3) is 11.0 Å². The van der Waals surface area contributed by atoms with Gasteiger partial charge in [0, 0.05) is 24.4 Å². The van der Waals surface area contributed by atoms with Crippen LogP contribution in [0.15, 0.2) is 41.4 Å². The standard InChI is InChI=1S/C21H31N3O4/c1-14(26)11-12-23-15-9-7-8-10-16(15)24(19(23)28)18(27)22-17(20(2,3)4)21(5,6)13-25/h7-10,17,25-26H,1,11-13H2,2-6H3,(H,22,27)/t17-/m0/s1. The van der Waals surface area contributed by atoms with Crippen molar-refractivity contribution in [1.82, 2.24) is 14.5 Å². The summed E-state index contributed by atoms with van der Waals surface area (Å²) in [5, 5.41) is 22.2. The zero-order valence-corrected chi connectivity index (χ0v) is 17.3. The minimum atomic E-state index is -0.579. The average molecular weight is 389 g/mol. The zero-order valence-electron chi connectivity index (χ0n) is 17.3. The van der Waals surface area contributed by atoms with E-state index < -0.39 is 17.1 Å². The third-order valence-electron chi connectivity index (χ3n) is 4.99. The molecule has 1 amide bonds. The summed E-state index contributed by atoms with van der Waals surface area (Å²) in [5.41, 5.74) is -0.293. The molecule has 0 unspecified atom stereocenters. The van der Waals surface area contributed by atoms with E-state index in [2.05, 4.69) is 11.9 Å². The van der Waals surface area contributed by atoms with Crippen LogP contribution in [0.2, 0.25) is 0 Å². The predicted octanol–water partition coefficient (Wildman–Crippen LogP) is 3.26. The Kier molecular flexibility index (Phi) is 6.09. The molecule has 2 rings (SSSR count). The Morgan fingerprint density at radius 3 is 2.25 bits per heavy atom. The first-order chi connectivity index (χ1) is 12.9. The molecule has 2 aromatic rings. The fourth-order valence-electron chi connectivity index (χ4n) is 3.72. The van der Waals surface area contributed by atoms with Crippen LogP contribution in [0.3, 0.4) is 0 Å². The second kappa shape index (κ2) is 7.83. The van der Waals surface area contributed by atoms with Crippen molar-refractivity contribution in [2.45, 2.75) is 53.6 Å². The summed E-state index contributed by atoms with van der Waals surface area (Å²) in [7, 11) is 0. The molecule has 0 saturated carbocycles. The largest absolute Gasteiger partial charge is 0.513 e. The van der Waals surface area contributed by atoms with Gasteiger partial charge in [-0.1, -0.05) is 53.3 Å². The lowest BCUT2D eigenvalue weighted by molar-refractivity contribution is 0.0651. The summed E-state index contributed by atoms with van der Waals surface area (Å²) < 4.78 is 2.57. The summed E-state index contributed by atoms with van der Waals surface area (Å²) in [6, 6.07) is 6.12. The maximum atomic E-state index is 13.1. The number of benzene rings is 1. The van der Waals surface area contributed by atoms with Crippen molar-refractivity contribution in [2.75, 3.05) is 6.61 Å². The van der Waals surface area contributed by atoms with E-state index in [0.717, 1.165) is 4.57 Å². The number of carbonyl (C=O) groups excluding carboxylic acids is 1. The monoisotopic (exact) mass is 389 g/mol. The number of aryl methyl sites for hydroxylation is 1. The molecule has 1 heterocycles. The van der Waals surface area contributed by atoms with Gasteiger partial charge >= 0.3 is 11.7 Å². The molecule has 7 heteroatoms. The molecule has 0 bridgehead atoms. The maximum Gasteiger partial charge on any atom is 0.337 e. The van der Waals surface area contributed by atoms with Crippen LogP contribution in [0.4, 0.5) is 4.79 Å². The number of imidazole rings is 1. The number of rotatable bonds is 6. The lowest BCUT2D eigenvalue weighted by Gasteiger charge is -2.42. The van der Waals surface area contributed by atoms with Gasteiger partial charge in [0.05, 0.1) is 23.4 Å². The number of para-hydroxylation sites is 2. The van der Waals surface area contributed by atoms with E-state index in [1.807, 2.05) is 34.6 Å². The van der Waals surface area contributed by atoms with E-state index in [0.29, 0.717) is 11.0 Å². The summed E-state index contributed by atoms with van der Waals surface area (Å²) in [5.74, 6) is -0.0225. The van der Waals surface area contributed by atoms with Crippen molar-refractivity contribution in [2.24, 2.45) is 10.8 Å². The van der Waals surface area contributed by atoms with Crippen molar-refractivity contribution >= 4 is 17.1 Å². The topological polar surface area (TPSA) is 96.5 Å². The van der Waals surface area contributed by atoms with E-state index in [-0.39, 0.29) is 36.8 Å². The van der Waals surface area contributed by atoms with Crippen molar-refractivity contribution in [3.05, 3.63) is 47.1 Å². The third-order valence-corrected chi connectivity index (χ3v) is 4.99. The lowest BCUT2D eigenvalue weighted by atomic mass is 9.71. The SMILES string of the molecule is C=C(O)CCn1c(=O)n(C(=O)N[C@@H](C(C)(C)C)C(C)(C)CO)c2ccccc21. The van der Waals surface area contributed by atoms with E-state index in [1.54, 1.807) is 24.3 Å². The minimum absolute atomic E-state index is 0.0225. The number of aromatic nitrogens is 2. The number of aliphatic hydroxyl groups is 2. The van der Waals surface area contributed by atoms with Crippen molar-refractivity contribution in [1.29, 1.82) is 0 Å². The van der Waals surface area contributed by atoms with E-state index in [1.165, 1.54) is 4.57 Å². The Hall–Kier alpha value is -2.54. The van der Waals surface area contributed by atoms with Crippen LogP contribution in [-0.4, -0.2) is 38.0 Å².